The monoisotopic (exact) mass is 284 g/mol. The third-order valence-electron chi connectivity index (χ3n) is 3.40. The van der Waals surface area contributed by atoms with Gasteiger partial charge in [-0.15, -0.1) is 0 Å². The van der Waals surface area contributed by atoms with Crippen LogP contribution in [0.1, 0.15) is 35.7 Å². The van der Waals surface area contributed by atoms with Gasteiger partial charge in [0.15, 0.2) is 0 Å². The Hall–Kier alpha value is -2.36. The topological polar surface area (TPSA) is 51.1 Å². The molecule has 2 aromatic rings. The van der Waals surface area contributed by atoms with Crippen molar-refractivity contribution in [2.24, 2.45) is 7.05 Å². The molecule has 0 aliphatic heterocycles. The van der Waals surface area contributed by atoms with Crippen LogP contribution in [-0.4, -0.2) is 10.5 Å². The molecule has 1 amide bonds. The van der Waals surface area contributed by atoms with E-state index in [0.29, 0.717) is 5.56 Å². The van der Waals surface area contributed by atoms with Crippen LogP contribution in [0.25, 0.3) is 0 Å². The first kappa shape index (κ1) is 15.0. The minimum Gasteiger partial charge on any atom is -0.322 e. The zero-order valence-corrected chi connectivity index (χ0v) is 12.4. The Balaban J connectivity index is 2.05. The highest BCUT2D eigenvalue weighted by molar-refractivity contribution is 6.04. The molecule has 0 aliphatic carbocycles. The predicted octanol–water partition coefficient (Wildman–Crippen LogP) is 2.98. The summed E-state index contributed by atoms with van der Waals surface area (Å²) in [6.07, 6.45) is 4.98. The maximum Gasteiger partial charge on any atom is 0.255 e. The number of carbonyl (C=O) groups excluding carboxylic acids is 1. The molecule has 2 rings (SSSR count). The van der Waals surface area contributed by atoms with Gasteiger partial charge in [-0.2, -0.15) is 0 Å². The molecule has 21 heavy (non-hydrogen) atoms. The summed E-state index contributed by atoms with van der Waals surface area (Å²) in [4.78, 5) is 23.6. The van der Waals surface area contributed by atoms with E-state index in [1.165, 1.54) is 29.0 Å². The number of hydrogen-bond acceptors (Lipinski definition) is 2. The Morgan fingerprint density at radius 2 is 1.90 bits per heavy atom. The maximum absolute atomic E-state index is 12.1. The zero-order valence-electron chi connectivity index (χ0n) is 12.4. The molecule has 4 nitrogen and oxygen atoms in total. The number of carbonyl (C=O) groups is 1. The molecule has 0 unspecified atom stereocenters. The number of nitrogens with zero attached hydrogens (tertiary/aromatic N) is 1. The second kappa shape index (κ2) is 6.88. The number of pyridine rings is 1. The van der Waals surface area contributed by atoms with E-state index >= 15 is 0 Å². The molecule has 1 aromatic carbocycles. The summed E-state index contributed by atoms with van der Waals surface area (Å²) in [5.41, 5.74) is 2.18. The minimum absolute atomic E-state index is 0.197. The lowest BCUT2D eigenvalue weighted by Gasteiger charge is -2.07. The van der Waals surface area contributed by atoms with Crippen LogP contribution in [0.2, 0.25) is 0 Å². The minimum atomic E-state index is -0.269. The lowest BCUT2D eigenvalue weighted by Crippen LogP contribution is -2.19. The summed E-state index contributed by atoms with van der Waals surface area (Å²) in [6.45, 7) is 2.17. The van der Waals surface area contributed by atoms with Crippen LogP contribution in [0, 0.1) is 0 Å². The fraction of sp³-hybridized carbons (Fsp3) is 0.294. The van der Waals surface area contributed by atoms with Gasteiger partial charge in [0.2, 0.25) is 0 Å². The SMILES string of the molecule is CCCCc1ccc(NC(=O)c2ccn(C)c(=O)c2)cc1. The van der Waals surface area contributed by atoms with Crippen molar-refractivity contribution >= 4 is 11.6 Å². The van der Waals surface area contributed by atoms with E-state index in [0.717, 1.165) is 12.1 Å². The number of anilines is 1. The summed E-state index contributed by atoms with van der Waals surface area (Å²) in [5.74, 6) is -0.269. The van der Waals surface area contributed by atoms with E-state index < -0.39 is 0 Å². The van der Waals surface area contributed by atoms with E-state index in [4.69, 9.17) is 0 Å². The Bertz CT molecular complexity index is 672. The van der Waals surface area contributed by atoms with Crippen molar-refractivity contribution in [2.45, 2.75) is 26.2 Å². The number of aryl methyl sites for hydroxylation is 2. The van der Waals surface area contributed by atoms with Crippen molar-refractivity contribution in [3.8, 4) is 0 Å². The van der Waals surface area contributed by atoms with Gasteiger partial charge in [0, 0.05) is 30.6 Å². The number of aromatic nitrogens is 1. The van der Waals surface area contributed by atoms with Gasteiger partial charge in [-0.3, -0.25) is 9.59 Å². The summed E-state index contributed by atoms with van der Waals surface area (Å²) >= 11 is 0. The quantitative estimate of drug-likeness (QED) is 0.917. The molecule has 0 aliphatic rings. The summed E-state index contributed by atoms with van der Waals surface area (Å²) in [6, 6.07) is 10.8. The smallest absolute Gasteiger partial charge is 0.255 e. The van der Waals surface area contributed by atoms with E-state index in [9.17, 15) is 9.59 Å². The van der Waals surface area contributed by atoms with Crippen LogP contribution in [0.4, 0.5) is 5.69 Å². The Kier molecular flexibility index (Phi) is 4.93. The van der Waals surface area contributed by atoms with E-state index in [1.807, 2.05) is 24.3 Å². The highest BCUT2D eigenvalue weighted by Gasteiger charge is 2.07. The molecule has 1 aromatic heterocycles. The van der Waals surface area contributed by atoms with Crippen molar-refractivity contribution in [1.82, 2.24) is 4.57 Å². The number of unbranched alkanes of at least 4 members (excludes halogenated alkanes) is 1. The van der Waals surface area contributed by atoms with Crippen LogP contribution in [0.3, 0.4) is 0 Å². The van der Waals surface area contributed by atoms with Crippen molar-refractivity contribution in [1.29, 1.82) is 0 Å². The molecule has 110 valence electrons. The van der Waals surface area contributed by atoms with E-state index in [2.05, 4.69) is 12.2 Å². The lowest BCUT2D eigenvalue weighted by atomic mass is 10.1. The average molecular weight is 284 g/mol. The molecule has 1 heterocycles. The first-order valence-electron chi connectivity index (χ1n) is 7.17. The van der Waals surface area contributed by atoms with Crippen LogP contribution in [0.5, 0.6) is 0 Å². The largest absolute Gasteiger partial charge is 0.322 e. The van der Waals surface area contributed by atoms with E-state index in [1.54, 1.807) is 19.3 Å². The highest BCUT2D eigenvalue weighted by Crippen LogP contribution is 2.12. The van der Waals surface area contributed by atoms with Gasteiger partial charge >= 0.3 is 0 Å². The summed E-state index contributed by atoms with van der Waals surface area (Å²) < 4.78 is 1.43. The van der Waals surface area contributed by atoms with Crippen LogP contribution >= 0.6 is 0 Å². The Morgan fingerprint density at radius 3 is 2.52 bits per heavy atom. The molecule has 0 spiro atoms. The third kappa shape index (κ3) is 4.05. The summed E-state index contributed by atoms with van der Waals surface area (Å²) in [7, 11) is 1.65. The van der Waals surface area contributed by atoms with Gasteiger partial charge in [0.1, 0.15) is 0 Å². The van der Waals surface area contributed by atoms with Gasteiger partial charge in [-0.05, 0) is 36.6 Å². The first-order valence-corrected chi connectivity index (χ1v) is 7.17. The molecule has 0 radical (unpaired) electrons. The highest BCUT2D eigenvalue weighted by atomic mass is 16.2. The van der Waals surface area contributed by atoms with Crippen molar-refractivity contribution in [3.63, 3.8) is 0 Å². The summed E-state index contributed by atoms with van der Waals surface area (Å²) in [5, 5.41) is 2.80. The van der Waals surface area contributed by atoms with Crippen LogP contribution in [0.15, 0.2) is 47.4 Å². The van der Waals surface area contributed by atoms with Crippen molar-refractivity contribution in [3.05, 3.63) is 64.1 Å². The third-order valence-corrected chi connectivity index (χ3v) is 3.40. The fourth-order valence-electron chi connectivity index (χ4n) is 2.03. The van der Waals surface area contributed by atoms with Gasteiger partial charge in [-0.25, -0.2) is 0 Å². The number of benzene rings is 1. The van der Waals surface area contributed by atoms with Gasteiger partial charge in [0.05, 0.1) is 0 Å². The molecular formula is C17H20N2O2. The molecule has 4 heteroatoms. The Morgan fingerprint density at radius 1 is 1.19 bits per heavy atom. The van der Waals surface area contributed by atoms with Crippen LogP contribution < -0.4 is 10.9 Å². The molecule has 0 atom stereocenters. The van der Waals surface area contributed by atoms with Crippen molar-refractivity contribution in [2.75, 3.05) is 5.32 Å². The normalized spacial score (nSPS) is 10.4. The standard InChI is InChI=1S/C17H20N2O2/c1-3-4-5-13-6-8-15(9-7-13)18-17(21)14-10-11-19(2)16(20)12-14/h6-12H,3-5H2,1-2H3,(H,18,21). The van der Waals surface area contributed by atoms with E-state index in [-0.39, 0.29) is 11.5 Å². The number of amides is 1. The van der Waals surface area contributed by atoms with Gasteiger partial charge in [-0.1, -0.05) is 25.5 Å². The lowest BCUT2D eigenvalue weighted by molar-refractivity contribution is 0.102. The molecular weight excluding hydrogens is 264 g/mol. The zero-order chi connectivity index (χ0) is 15.2. The maximum atomic E-state index is 12.1. The average Bonchev–Trinajstić information content (AvgIpc) is 2.49. The molecule has 0 fully saturated rings. The second-order valence-electron chi connectivity index (χ2n) is 5.12. The fourth-order valence-corrected chi connectivity index (χ4v) is 2.03. The van der Waals surface area contributed by atoms with Crippen molar-refractivity contribution < 1.29 is 4.79 Å². The Labute approximate surface area is 124 Å². The van der Waals surface area contributed by atoms with Crippen LogP contribution in [-0.2, 0) is 13.5 Å². The van der Waals surface area contributed by atoms with Gasteiger partial charge < -0.3 is 9.88 Å². The number of rotatable bonds is 5. The first-order chi connectivity index (χ1) is 10.1. The number of nitrogens with one attached hydrogen (secondary N) is 1. The molecule has 0 bridgehead atoms. The predicted molar refractivity (Wildman–Crippen MR) is 84.7 cm³/mol. The molecule has 0 saturated carbocycles. The van der Waals surface area contributed by atoms with Gasteiger partial charge in [0.25, 0.3) is 11.5 Å². The number of hydrogen-bond donors (Lipinski definition) is 1. The second-order valence-corrected chi connectivity index (χ2v) is 5.12. The molecule has 1 N–H and O–H groups in total. The molecule has 0 saturated heterocycles.